The van der Waals surface area contributed by atoms with Gasteiger partial charge in [-0.1, -0.05) is 24.3 Å². The molecule has 0 saturated carbocycles. The van der Waals surface area contributed by atoms with Crippen molar-refractivity contribution >= 4 is 11.3 Å². The van der Waals surface area contributed by atoms with Crippen molar-refractivity contribution in [3.63, 3.8) is 0 Å². The lowest BCUT2D eigenvalue weighted by molar-refractivity contribution is 0.582. The maximum atomic E-state index is 3.33. The van der Waals surface area contributed by atoms with Crippen molar-refractivity contribution in [2.45, 2.75) is 25.7 Å². The van der Waals surface area contributed by atoms with Gasteiger partial charge in [-0.25, -0.2) is 0 Å². The van der Waals surface area contributed by atoms with Crippen LogP contribution in [0.3, 0.4) is 0 Å². The van der Waals surface area contributed by atoms with E-state index < -0.39 is 0 Å². The van der Waals surface area contributed by atoms with Crippen LogP contribution in [0, 0.1) is 6.92 Å². The first-order valence-electron chi connectivity index (χ1n) is 6.52. The molecule has 18 heavy (non-hydrogen) atoms. The molecule has 1 unspecified atom stereocenters. The van der Waals surface area contributed by atoms with Crippen molar-refractivity contribution in [3.05, 3.63) is 57.8 Å². The summed E-state index contributed by atoms with van der Waals surface area (Å²) in [6, 6.07) is 11.0. The number of benzene rings is 1. The molecule has 1 N–H and O–H groups in total. The highest BCUT2D eigenvalue weighted by atomic mass is 32.1. The number of nitrogens with one attached hydrogen (secondary N) is 1. The second-order valence-corrected chi connectivity index (χ2v) is 5.56. The fourth-order valence-electron chi connectivity index (χ4n) is 2.43. The summed E-state index contributed by atoms with van der Waals surface area (Å²) < 4.78 is 0. The number of thiophene rings is 1. The molecule has 0 bridgehead atoms. The SMILES string of the molecule is CNCC(CCc1ccsc1)c1ccccc1C. The molecule has 0 aliphatic rings. The summed E-state index contributed by atoms with van der Waals surface area (Å²) in [6.45, 7) is 3.26. The zero-order chi connectivity index (χ0) is 12.8. The highest BCUT2D eigenvalue weighted by Crippen LogP contribution is 2.24. The van der Waals surface area contributed by atoms with Crippen LogP contribution in [0.4, 0.5) is 0 Å². The van der Waals surface area contributed by atoms with Crippen LogP contribution in [0.1, 0.15) is 29.0 Å². The van der Waals surface area contributed by atoms with Gasteiger partial charge in [0.1, 0.15) is 0 Å². The maximum absolute atomic E-state index is 3.33. The molecule has 0 fully saturated rings. The van der Waals surface area contributed by atoms with E-state index in [1.54, 1.807) is 11.3 Å². The quantitative estimate of drug-likeness (QED) is 0.827. The summed E-state index contributed by atoms with van der Waals surface area (Å²) in [7, 11) is 2.04. The molecule has 2 rings (SSSR count). The zero-order valence-corrected chi connectivity index (χ0v) is 12.0. The molecule has 1 nitrogen and oxygen atoms in total. The molecule has 0 aliphatic carbocycles. The average molecular weight is 259 g/mol. The van der Waals surface area contributed by atoms with Crippen LogP contribution in [0.15, 0.2) is 41.1 Å². The first-order chi connectivity index (χ1) is 8.81. The normalized spacial score (nSPS) is 12.6. The summed E-state index contributed by atoms with van der Waals surface area (Å²) in [4.78, 5) is 0. The summed E-state index contributed by atoms with van der Waals surface area (Å²) >= 11 is 1.79. The Kier molecular flexibility index (Phi) is 4.97. The largest absolute Gasteiger partial charge is 0.319 e. The first-order valence-corrected chi connectivity index (χ1v) is 7.46. The monoisotopic (exact) mass is 259 g/mol. The maximum Gasteiger partial charge on any atom is 0.00173 e. The topological polar surface area (TPSA) is 12.0 Å². The van der Waals surface area contributed by atoms with E-state index in [9.17, 15) is 0 Å². The van der Waals surface area contributed by atoms with Crippen LogP contribution in [-0.2, 0) is 6.42 Å². The van der Waals surface area contributed by atoms with Crippen molar-refractivity contribution < 1.29 is 0 Å². The Bertz CT molecular complexity index is 462. The van der Waals surface area contributed by atoms with Gasteiger partial charge in [-0.05, 0) is 66.2 Å². The first kappa shape index (κ1) is 13.3. The van der Waals surface area contributed by atoms with Crippen LogP contribution in [0.25, 0.3) is 0 Å². The highest BCUT2D eigenvalue weighted by molar-refractivity contribution is 7.07. The number of hydrogen-bond donors (Lipinski definition) is 1. The van der Waals surface area contributed by atoms with Gasteiger partial charge in [0, 0.05) is 6.54 Å². The van der Waals surface area contributed by atoms with Crippen molar-refractivity contribution in [2.75, 3.05) is 13.6 Å². The lowest BCUT2D eigenvalue weighted by Gasteiger charge is -2.19. The third-order valence-electron chi connectivity index (χ3n) is 3.44. The van der Waals surface area contributed by atoms with Crippen molar-refractivity contribution in [2.24, 2.45) is 0 Å². The molecule has 1 heterocycles. The van der Waals surface area contributed by atoms with E-state index in [1.165, 1.54) is 29.5 Å². The Morgan fingerprint density at radius 3 is 2.72 bits per heavy atom. The molecule has 96 valence electrons. The molecule has 1 aromatic carbocycles. The average Bonchev–Trinajstić information content (AvgIpc) is 2.88. The standard InChI is InChI=1S/C16H21NS/c1-13-5-3-4-6-16(13)15(11-17-2)8-7-14-9-10-18-12-14/h3-6,9-10,12,15,17H,7-8,11H2,1-2H3. The molecule has 0 radical (unpaired) electrons. The van der Waals surface area contributed by atoms with Crippen molar-refractivity contribution in [1.82, 2.24) is 5.32 Å². The van der Waals surface area contributed by atoms with Crippen molar-refractivity contribution in [3.8, 4) is 0 Å². The van der Waals surface area contributed by atoms with E-state index in [-0.39, 0.29) is 0 Å². The smallest absolute Gasteiger partial charge is 0.00173 e. The molecule has 2 heteroatoms. The highest BCUT2D eigenvalue weighted by Gasteiger charge is 2.12. The number of hydrogen-bond acceptors (Lipinski definition) is 2. The van der Waals surface area contributed by atoms with E-state index in [0.717, 1.165) is 6.54 Å². The Morgan fingerprint density at radius 1 is 1.22 bits per heavy atom. The van der Waals surface area contributed by atoms with Gasteiger partial charge in [-0.2, -0.15) is 11.3 Å². The Hall–Kier alpha value is -1.12. The van der Waals surface area contributed by atoms with E-state index in [0.29, 0.717) is 5.92 Å². The van der Waals surface area contributed by atoms with Crippen LogP contribution in [-0.4, -0.2) is 13.6 Å². The second kappa shape index (κ2) is 6.72. The van der Waals surface area contributed by atoms with Gasteiger partial charge in [-0.15, -0.1) is 0 Å². The third-order valence-corrected chi connectivity index (χ3v) is 4.17. The molecule has 1 atom stereocenters. The molecule has 0 aliphatic heterocycles. The molecule has 0 amide bonds. The fourth-order valence-corrected chi connectivity index (χ4v) is 3.14. The van der Waals surface area contributed by atoms with Crippen LogP contribution in [0.2, 0.25) is 0 Å². The molecular formula is C16H21NS. The Labute approximate surface area is 114 Å². The summed E-state index contributed by atoms with van der Waals surface area (Å²) in [6.07, 6.45) is 2.38. The van der Waals surface area contributed by atoms with Gasteiger partial charge in [0.15, 0.2) is 0 Å². The second-order valence-electron chi connectivity index (χ2n) is 4.78. The minimum atomic E-state index is 0.607. The van der Waals surface area contributed by atoms with Crippen molar-refractivity contribution in [1.29, 1.82) is 0 Å². The van der Waals surface area contributed by atoms with Crippen LogP contribution >= 0.6 is 11.3 Å². The third kappa shape index (κ3) is 3.44. The van der Waals surface area contributed by atoms with Crippen LogP contribution in [0.5, 0.6) is 0 Å². The number of likely N-dealkylation sites (N-methyl/N-ethyl adjacent to an activating group) is 1. The summed E-state index contributed by atoms with van der Waals surface area (Å²) in [5, 5.41) is 7.75. The molecular weight excluding hydrogens is 238 g/mol. The van der Waals surface area contributed by atoms with Gasteiger partial charge in [0.2, 0.25) is 0 Å². The zero-order valence-electron chi connectivity index (χ0n) is 11.1. The summed E-state index contributed by atoms with van der Waals surface area (Å²) in [5.41, 5.74) is 4.36. The Morgan fingerprint density at radius 2 is 2.06 bits per heavy atom. The summed E-state index contributed by atoms with van der Waals surface area (Å²) in [5.74, 6) is 0.607. The van der Waals surface area contributed by atoms with Gasteiger partial charge >= 0.3 is 0 Å². The number of rotatable bonds is 6. The van der Waals surface area contributed by atoms with Gasteiger partial charge in [-0.3, -0.25) is 0 Å². The van der Waals surface area contributed by atoms with Crippen LogP contribution < -0.4 is 5.32 Å². The van der Waals surface area contributed by atoms with Gasteiger partial charge < -0.3 is 5.32 Å². The molecule has 0 saturated heterocycles. The minimum Gasteiger partial charge on any atom is -0.319 e. The lowest BCUT2D eigenvalue weighted by Crippen LogP contribution is -2.18. The lowest BCUT2D eigenvalue weighted by atomic mass is 9.90. The molecule has 2 aromatic rings. The number of aryl methyl sites for hydroxylation is 2. The van der Waals surface area contributed by atoms with Gasteiger partial charge in [0.05, 0.1) is 0 Å². The van der Waals surface area contributed by atoms with E-state index in [4.69, 9.17) is 0 Å². The predicted molar refractivity (Wildman–Crippen MR) is 80.5 cm³/mol. The fraction of sp³-hybridized carbons (Fsp3) is 0.375. The van der Waals surface area contributed by atoms with Gasteiger partial charge in [0.25, 0.3) is 0 Å². The predicted octanol–water partition coefficient (Wildman–Crippen LogP) is 3.99. The van der Waals surface area contributed by atoms with E-state index >= 15 is 0 Å². The molecule has 1 aromatic heterocycles. The minimum absolute atomic E-state index is 0.607. The van der Waals surface area contributed by atoms with E-state index in [1.807, 2.05) is 7.05 Å². The van der Waals surface area contributed by atoms with E-state index in [2.05, 4.69) is 53.3 Å². The Balaban J connectivity index is 2.06. The molecule has 0 spiro atoms.